The van der Waals surface area contributed by atoms with Gasteiger partial charge in [0, 0.05) is 5.56 Å². The Balaban J connectivity index is 2.36. The highest BCUT2D eigenvalue weighted by Gasteiger charge is 2.14. The van der Waals surface area contributed by atoms with E-state index in [2.05, 4.69) is 10.2 Å². The molecule has 1 unspecified atom stereocenters. The number of ether oxygens (including phenoxy) is 1. The summed E-state index contributed by atoms with van der Waals surface area (Å²) in [5.41, 5.74) is 0.433. The van der Waals surface area contributed by atoms with Gasteiger partial charge in [0.25, 0.3) is 0 Å². The largest absolute Gasteiger partial charge is 0.494 e. The third kappa shape index (κ3) is 2.26. The van der Waals surface area contributed by atoms with Crippen molar-refractivity contribution in [2.75, 3.05) is 7.11 Å². The molecule has 0 bridgehead atoms. The summed E-state index contributed by atoms with van der Waals surface area (Å²) >= 11 is 0. The van der Waals surface area contributed by atoms with E-state index in [9.17, 15) is 9.50 Å². The molecule has 6 heteroatoms. The van der Waals surface area contributed by atoms with Gasteiger partial charge in [-0.3, -0.25) is 0 Å². The van der Waals surface area contributed by atoms with E-state index in [4.69, 9.17) is 9.15 Å². The lowest BCUT2D eigenvalue weighted by Gasteiger charge is -2.02. The van der Waals surface area contributed by atoms with Gasteiger partial charge in [-0.25, -0.2) is 4.39 Å². The van der Waals surface area contributed by atoms with Crippen LogP contribution in [-0.2, 0) is 0 Å². The molecule has 5 nitrogen and oxygen atoms in total. The van der Waals surface area contributed by atoms with E-state index in [1.54, 1.807) is 6.07 Å². The first-order chi connectivity index (χ1) is 8.11. The van der Waals surface area contributed by atoms with Crippen LogP contribution in [0.5, 0.6) is 5.75 Å². The van der Waals surface area contributed by atoms with Gasteiger partial charge < -0.3 is 14.3 Å². The second-order valence-electron chi connectivity index (χ2n) is 3.47. The molecule has 0 aliphatic rings. The molecule has 0 radical (unpaired) electrons. The van der Waals surface area contributed by atoms with Crippen molar-refractivity contribution in [2.45, 2.75) is 13.0 Å². The lowest BCUT2D eigenvalue weighted by atomic mass is 10.2. The maximum atomic E-state index is 13.4. The summed E-state index contributed by atoms with van der Waals surface area (Å²) < 4.78 is 23.4. The standard InChI is InChI=1S/C11H11FN2O3/c1-6(15)10-13-14-11(17-10)7-3-4-9(16-2)8(12)5-7/h3-6,15H,1-2H3. The molecule has 1 N–H and O–H groups in total. The van der Waals surface area contributed by atoms with Gasteiger partial charge in [0.2, 0.25) is 11.8 Å². The maximum Gasteiger partial charge on any atom is 0.247 e. The van der Waals surface area contributed by atoms with Crippen LogP contribution in [-0.4, -0.2) is 22.4 Å². The number of hydrogen-bond donors (Lipinski definition) is 1. The number of nitrogens with zero attached hydrogens (tertiary/aromatic N) is 2. The predicted molar refractivity (Wildman–Crippen MR) is 56.9 cm³/mol. The van der Waals surface area contributed by atoms with Gasteiger partial charge in [-0.05, 0) is 25.1 Å². The molecule has 2 rings (SSSR count). The molecule has 1 aromatic carbocycles. The zero-order chi connectivity index (χ0) is 12.4. The summed E-state index contributed by atoms with van der Waals surface area (Å²) in [7, 11) is 1.39. The zero-order valence-electron chi connectivity index (χ0n) is 9.35. The van der Waals surface area contributed by atoms with Crippen molar-refractivity contribution in [1.82, 2.24) is 10.2 Å². The summed E-state index contributed by atoms with van der Waals surface area (Å²) in [4.78, 5) is 0. The molecular weight excluding hydrogens is 227 g/mol. The van der Waals surface area contributed by atoms with Crippen LogP contribution in [0.15, 0.2) is 22.6 Å². The van der Waals surface area contributed by atoms with Crippen LogP contribution in [0.1, 0.15) is 18.9 Å². The number of halogens is 1. The van der Waals surface area contributed by atoms with Crippen molar-refractivity contribution in [3.8, 4) is 17.2 Å². The van der Waals surface area contributed by atoms with Crippen LogP contribution in [0.3, 0.4) is 0 Å². The van der Waals surface area contributed by atoms with Gasteiger partial charge in [-0.2, -0.15) is 0 Å². The minimum absolute atomic E-state index is 0.0937. The van der Waals surface area contributed by atoms with E-state index in [0.29, 0.717) is 5.56 Å². The minimum Gasteiger partial charge on any atom is -0.494 e. The summed E-state index contributed by atoms with van der Waals surface area (Å²) in [5.74, 6) is -0.121. The van der Waals surface area contributed by atoms with Crippen LogP contribution < -0.4 is 4.74 Å². The van der Waals surface area contributed by atoms with Gasteiger partial charge in [-0.1, -0.05) is 0 Å². The molecule has 90 valence electrons. The fourth-order valence-electron chi connectivity index (χ4n) is 1.32. The first-order valence-corrected chi connectivity index (χ1v) is 4.97. The van der Waals surface area contributed by atoms with Gasteiger partial charge in [0.1, 0.15) is 6.10 Å². The number of aliphatic hydroxyl groups excluding tert-OH is 1. The summed E-state index contributed by atoms with van der Waals surface area (Å²) in [6.07, 6.45) is -0.848. The van der Waals surface area contributed by atoms with Crippen molar-refractivity contribution >= 4 is 0 Å². The van der Waals surface area contributed by atoms with Gasteiger partial charge in [-0.15, -0.1) is 10.2 Å². The van der Waals surface area contributed by atoms with E-state index in [1.165, 1.54) is 26.2 Å². The lowest BCUT2D eigenvalue weighted by Crippen LogP contribution is -1.89. The van der Waals surface area contributed by atoms with Gasteiger partial charge in [0.15, 0.2) is 11.6 Å². The Morgan fingerprint density at radius 1 is 1.41 bits per heavy atom. The molecular formula is C11H11FN2O3. The molecule has 0 fully saturated rings. The second-order valence-corrected chi connectivity index (χ2v) is 3.47. The van der Waals surface area contributed by atoms with Crippen LogP contribution in [0.25, 0.3) is 11.5 Å². The molecule has 1 heterocycles. The Morgan fingerprint density at radius 2 is 2.18 bits per heavy atom. The van der Waals surface area contributed by atoms with E-state index < -0.39 is 11.9 Å². The number of benzene rings is 1. The Labute approximate surface area is 96.9 Å². The van der Waals surface area contributed by atoms with Crippen molar-refractivity contribution in [1.29, 1.82) is 0 Å². The molecule has 17 heavy (non-hydrogen) atoms. The molecule has 0 aliphatic carbocycles. The number of methoxy groups -OCH3 is 1. The van der Waals surface area contributed by atoms with Crippen molar-refractivity contribution in [3.63, 3.8) is 0 Å². The maximum absolute atomic E-state index is 13.4. The number of hydrogen-bond acceptors (Lipinski definition) is 5. The van der Waals surface area contributed by atoms with Crippen LogP contribution in [0, 0.1) is 5.82 Å². The zero-order valence-corrected chi connectivity index (χ0v) is 9.35. The molecule has 2 aromatic rings. The topological polar surface area (TPSA) is 68.4 Å². The van der Waals surface area contributed by atoms with Crippen LogP contribution in [0.4, 0.5) is 4.39 Å². The van der Waals surface area contributed by atoms with Crippen LogP contribution in [0.2, 0.25) is 0 Å². The van der Waals surface area contributed by atoms with E-state index in [0.717, 1.165) is 0 Å². The highest BCUT2D eigenvalue weighted by Crippen LogP contribution is 2.25. The first kappa shape index (κ1) is 11.5. The van der Waals surface area contributed by atoms with Crippen molar-refractivity contribution in [3.05, 3.63) is 29.9 Å². The fraction of sp³-hybridized carbons (Fsp3) is 0.273. The highest BCUT2D eigenvalue weighted by atomic mass is 19.1. The van der Waals surface area contributed by atoms with Crippen molar-refractivity contribution in [2.24, 2.45) is 0 Å². The average molecular weight is 238 g/mol. The Hall–Kier alpha value is -1.95. The van der Waals surface area contributed by atoms with E-state index >= 15 is 0 Å². The van der Waals surface area contributed by atoms with E-state index in [1.807, 2.05) is 0 Å². The molecule has 0 spiro atoms. The smallest absolute Gasteiger partial charge is 0.247 e. The Morgan fingerprint density at radius 3 is 2.71 bits per heavy atom. The molecule has 0 amide bonds. The minimum atomic E-state index is -0.848. The second kappa shape index (κ2) is 4.50. The van der Waals surface area contributed by atoms with Gasteiger partial charge in [0.05, 0.1) is 7.11 Å². The Bertz CT molecular complexity index is 525. The van der Waals surface area contributed by atoms with Gasteiger partial charge >= 0.3 is 0 Å². The number of aliphatic hydroxyl groups is 1. The monoisotopic (exact) mass is 238 g/mol. The van der Waals surface area contributed by atoms with Crippen molar-refractivity contribution < 1.29 is 18.7 Å². The number of aromatic nitrogens is 2. The van der Waals surface area contributed by atoms with Crippen LogP contribution >= 0.6 is 0 Å². The fourth-order valence-corrected chi connectivity index (χ4v) is 1.32. The molecule has 0 saturated carbocycles. The normalized spacial score (nSPS) is 12.5. The molecule has 1 aromatic heterocycles. The highest BCUT2D eigenvalue weighted by molar-refractivity contribution is 5.54. The van der Waals surface area contributed by atoms with E-state index in [-0.39, 0.29) is 17.5 Å². The SMILES string of the molecule is COc1ccc(-c2nnc(C(C)O)o2)cc1F. The third-order valence-corrected chi connectivity index (χ3v) is 2.20. The molecule has 1 atom stereocenters. The molecule has 0 saturated heterocycles. The predicted octanol–water partition coefficient (Wildman–Crippen LogP) is 1.94. The summed E-state index contributed by atoms with van der Waals surface area (Å²) in [6, 6.07) is 4.30. The molecule has 0 aliphatic heterocycles. The average Bonchev–Trinajstić information content (AvgIpc) is 2.78. The first-order valence-electron chi connectivity index (χ1n) is 4.97. The Kier molecular flexibility index (Phi) is 3.06. The number of rotatable bonds is 3. The lowest BCUT2D eigenvalue weighted by molar-refractivity contribution is 0.163. The third-order valence-electron chi connectivity index (χ3n) is 2.20. The summed E-state index contributed by atoms with van der Waals surface area (Å²) in [5, 5.41) is 16.6. The quantitative estimate of drug-likeness (QED) is 0.884. The summed E-state index contributed by atoms with van der Waals surface area (Å²) in [6.45, 7) is 1.51.